The molecule has 0 aliphatic heterocycles. The molecule has 1 fully saturated rings. The van der Waals surface area contributed by atoms with Gasteiger partial charge in [-0.05, 0) is 31.7 Å². The topological polar surface area (TPSA) is 65.7 Å². The second-order valence-corrected chi connectivity index (χ2v) is 4.43. The van der Waals surface area contributed by atoms with Crippen molar-refractivity contribution in [3.63, 3.8) is 0 Å². The van der Waals surface area contributed by atoms with E-state index >= 15 is 0 Å². The van der Waals surface area contributed by atoms with Crippen molar-refractivity contribution < 1.29 is 23.5 Å². The molecule has 1 heterocycles. The van der Waals surface area contributed by atoms with Gasteiger partial charge in [-0.1, -0.05) is 0 Å². The standard InChI is InChI=1S/C13H16O5/c1-16-12(14)9-3-2-4-11(7-9)18-13(15)10-5-6-17-8-10/h5-6,8-9,11H,2-4,7H2,1H3/t9-,11+/m1/s1. The molecule has 0 radical (unpaired) electrons. The predicted octanol–water partition coefficient (Wildman–Crippen LogP) is 2.17. The molecule has 2 rings (SSSR count). The minimum Gasteiger partial charge on any atom is -0.472 e. The number of furan rings is 1. The molecule has 98 valence electrons. The van der Waals surface area contributed by atoms with E-state index < -0.39 is 5.97 Å². The normalized spacial score (nSPS) is 23.4. The maximum atomic E-state index is 11.7. The Labute approximate surface area is 105 Å². The summed E-state index contributed by atoms with van der Waals surface area (Å²) in [5.41, 5.74) is 0.398. The molecule has 1 aromatic rings. The Morgan fingerprint density at radius 1 is 1.39 bits per heavy atom. The van der Waals surface area contributed by atoms with Gasteiger partial charge in [0.2, 0.25) is 0 Å². The van der Waals surface area contributed by atoms with Gasteiger partial charge in [-0.3, -0.25) is 4.79 Å². The van der Waals surface area contributed by atoms with Crippen LogP contribution < -0.4 is 0 Å². The van der Waals surface area contributed by atoms with Crippen molar-refractivity contribution in [1.82, 2.24) is 0 Å². The number of ether oxygens (including phenoxy) is 2. The third-order valence-corrected chi connectivity index (χ3v) is 3.19. The summed E-state index contributed by atoms with van der Waals surface area (Å²) < 4.78 is 14.9. The van der Waals surface area contributed by atoms with Gasteiger partial charge in [-0.2, -0.15) is 0 Å². The number of methoxy groups -OCH3 is 1. The molecule has 0 N–H and O–H groups in total. The van der Waals surface area contributed by atoms with E-state index in [1.54, 1.807) is 6.07 Å². The van der Waals surface area contributed by atoms with Gasteiger partial charge in [0.25, 0.3) is 0 Å². The summed E-state index contributed by atoms with van der Waals surface area (Å²) in [6, 6.07) is 1.56. The molecule has 0 saturated heterocycles. The fourth-order valence-electron chi connectivity index (χ4n) is 2.23. The molecule has 5 nitrogen and oxygen atoms in total. The first-order valence-electron chi connectivity index (χ1n) is 6.01. The van der Waals surface area contributed by atoms with Crippen molar-refractivity contribution in [3.8, 4) is 0 Å². The first-order chi connectivity index (χ1) is 8.70. The van der Waals surface area contributed by atoms with Crippen LogP contribution in [0.2, 0.25) is 0 Å². The van der Waals surface area contributed by atoms with Crippen LogP contribution in [-0.2, 0) is 14.3 Å². The van der Waals surface area contributed by atoms with E-state index in [9.17, 15) is 9.59 Å². The Kier molecular flexibility index (Phi) is 4.02. The summed E-state index contributed by atoms with van der Waals surface area (Å²) >= 11 is 0. The highest BCUT2D eigenvalue weighted by atomic mass is 16.5. The highest BCUT2D eigenvalue weighted by Crippen LogP contribution is 2.27. The number of carbonyl (C=O) groups is 2. The predicted molar refractivity (Wildman–Crippen MR) is 61.9 cm³/mol. The Morgan fingerprint density at radius 2 is 2.22 bits per heavy atom. The summed E-state index contributed by atoms with van der Waals surface area (Å²) in [4.78, 5) is 23.2. The van der Waals surface area contributed by atoms with Crippen molar-refractivity contribution in [2.24, 2.45) is 5.92 Å². The molecule has 0 bridgehead atoms. The summed E-state index contributed by atoms with van der Waals surface area (Å²) in [5, 5.41) is 0. The van der Waals surface area contributed by atoms with Crippen LogP contribution >= 0.6 is 0 Å². The quantitative estimate of drug-likeness (QED) is 0.771. The summed E-state index contributed by atoms with van der Waals surface area (Å²) in [6.07, 6.45) is 5.55. The van der Waals surface area contributed by atoms with Crippen molar-refractivity contribution >= 4 is 11.9 Å². The summed E-state index contributed by atoms with van der Waals surface area (Å²) in [6.45, 7) is 0. The fourth-order valence-corrected chi connectivity index (χ4v) is 2.23. The van der Waals surface area contributed by atoms with Gasteiger partial charge in [-0.15, -0.1) is 0 Å². The lowest BCUT2D eigenvalue weighted by Gasteiger charge is -2.27. The minimum absolute atomic E-state index is 0.161. The molecule has 0 aromatic carbocycles. The van der Waals surface area contributed by atoms with E-state index in [0.717, 1.165) is 19.3 Å². The summed E-state index contributed by atoms with van der Waals surface area (Å²) in [7, 11) is 1.38. The van der Waals surface area contributed by atoms with Crippen LogP contribution in [0.1, 0.15) is 36.0 Å². The van der Waals surface area contributed by atoms with Crippen LogP contribution in [0.15, 0.2) is 23.0 Å². The van der Waals surface area contributed by atoms with Crippen LogP contribution in [0.5, 0.6) is 0 Å². The SMILES string of the molecule is COC(=O)[C@@H]1CCC[C@H](OC(=O)c2ccoc2)C1. The van der Waals surface area contributed by atoms with Gasteiger partial charge in [0.05, 0.1) is 24.9 Å². The van der Waals surface area contributed by atoms with Crippen LogP contribution in [0.4, 0.5) is 0 Å². The second kappa shape index (κ2) is 5.71. The number of hydrogen-bond acceptors (Lipinski definition) is 5. The Morgan fingerprint density at radius 3 is 2.89 bits per heavy atom. The van der Waals surface area contributed by atoms with E-state index in [4.69, 9.17) is 13.9 Å². The van der Waals surface area contributed by atoms with Gasteiger partial charge < -0.3 is 13.9 Å². The van der Waals surface area contributed by atoms with Crippen LogP contribution in [0.25, 0.3) is 0 Å². The van der Waals surface area contributed by atoms with Gasteiger partial charge in [0.1, 0.15) is 12.4 Å². The van der Waals surface area contributed by atoms with Crippen molar-refractivity contribution in [1.29, 1.82) is 0 Å². The Bertz CT molecular complexity index is 409. The maximum absolute atomic E-state index is 11.7. The molecule has 1 saturated carbocycles. The third kappa shape index (κ3) is 2.91. The maximum Gasteiger partial charge on any atom is 0.341 e. The molecule has 0 unspecified atom stereocenters. The number of carbonyl (C=O) groups excluding carboxylic acids is 2. The van der Waals surface area contributed by atoms with Crippen molar-refractivity contribution in [3.05, 3.63) is 24.2 Å². The largest absolute Gasteiger partial charge is 0.472 e. The fraction of sp³-hybridized carbons (Fsp3) is 0.538. The van der Waals surface area contributed by atoms with Gasteiger partial charge in [0, 0.05) is 0 Å². The zero-order valence-electron chi connectivity index (χ0n) is 10.3. The van der Waals surface area contributed by atoms with Crippen molar-refractivity contribution in [2.75, 3.05) is 7.11 Å². The molecule has 2 atom stereocenters. The molecule has 1 aliphatic rings. The monoisotopic (exact) mass is 252 g/mol. The lowest BCUT2D eigenvalue weighted by Crippen LogP contribution is -2.30. The van der Waals surface area contributed by atoms with E-state index in [1.807, 2.05) is 0 Å². The van der Waals surface area contributed by atoms with Crippen LogP contribution in [0.3, 0.4) is 0 Å². The first kappa shape index (κ1) is 12.7. The molecular weight excluding hydrogens is 236 g/mol. The Hall–Kier alpha value is -1.78. The highest BCUT2D eigenvalue weighted by molar-refractivity contribution is 5.89. The lowest BCUT2D eigenvalue weighted by atomic mass is 9.87. The zero-order valence-corrected chi connectivity index (χ0v) is 10.3. The molecule has 1 aliphatic carbocycles. The molecule has 0 amide bonds. The van der Waals surface area contributed by atoms with E-state index in [1.165, 1.54) is 19.6 Å². The number of esters is 2. The molecule has 0 spiro atoms. The Balaban J connectivity index is 1.90. The van der Waals surface area contributed by atoms with Gasteiger partial charge >= 0.3 is 11.9 Å². The van der Waals surface area contributed by atoms with Crippen molar-refractivity contribution in [2.45, 2.75) is 31.8 Å². The minimum atomic E-state index is -0.403. The smallest absolute Gasteiger partial charge is 0.341 e. The average Bonchev–Trinajstić information content (AvgIpc) is 2.92. The zero-order chi connectivity index (χ0) is 13.0. The average molecular weight is 252 g/mol. The van der Waals surface area contributed by atoms with Gasteiger partial charge in [-0.25, -0.2) is 4.79 Å². The van der Waals surface area contributed by atoms with Crippen LogP contribution in [-0.4, -0.2) is 25.2 Å². The number of rotatable bonds is 3. The molecule has 1 aromatic heterocycles. The van der Waals surface area contributed by atoms with Crippen LogP contribution in [0, 0.1) is 5.92 Å². The van der Waals surface area contributed by atoms with E-state index in [0.29, 0.717) is 12.0 Å². The molecule has 18 heavy (non-hydrogen) atoms. The first-order valence-corrected chi connectivity index (χ1v) is 6.01. The summed E-state index contributed by atoms with van der Waals surface area (Å²) in [5.74, 6) is -0.788. The van der Waals surface area contributed by atoms with Gasteiger partial charge in [0.15, 0.2) is 0 Å². The van der Waals surface area contributed by atoms with E-state index in [-0.39, 0.29) is 18.0 Å². The third-order valence-electron chi connectivity index (χ3n) is 3.19. The lowest BCUT2D eigenvalue weighted by molar-refractivity contribution is -0.148. The van der Waals surface area contributed by atoms with E-state index in [2.05, 4.69) is 0 Å². The molecular formula is C13H16O5. The highest BCUT2D eigenvalue weighted by Gasteiger charge is 2.30. The number of hydrogen-bond donors (Lipinski definition) is 0. The molecule has 5 heteroatoms. The second-order valence-electron chi connectivity index (χ2n) is 4.43.